The molecule has 1 atom stereocenters. The van der Waals surface area contributed by atoms with Gasteiger partial charge in [0.05, 0.1) is 7.11 Å². The highest BCUT2D eigenvalue weighted by Gasteiger charge is 2.25. The molecule has 1 fully saturated rings. The van der Waals surface area contributed by atoms with E-state index in [1.807, 2.05) is 0 Å². The predicted octanol–water partition coefficient (Wildman–Crippen LogP) is 1.30. The quantitative estimate of drug-likeness (QED) is 0.835. The van der Waals surface area contributed by atoms with E-state index in [2.05, 4.69) is 21.8 Å². The molecule has 1 aromatic heterocycles. The van der Waals surface area contributed by atoms with E-state index in [9.17, 15) is 0 Å². The van der Waals surface area contributed by atoms with Gasteiger partial charge in [-0.25, -0.2) is 9.97 Å². The number of nitrogens with zero attached hydrogens (tertiary/aromatic N) is 3. The van der Waals surface area contributed by atoms with Crippen molar-refractivity contribution in [2.24, 2.45) is 5.92 Å². The molecule has 0 aromatic carbocycles. The van der Waals surface area contributed by atoms with E-state index in [0.717, 1.165) is 24.8 Å². The number of hydrogen-bond acceptors (Lipinski definition) is 5. The molecule has 0 amide bonds. The third kappa shape index (κ3) is 1.89. The Hall–Kier alpha value is -1.52. The molecule has 16 heavy (non-hydrogen) atoms. The fourth-order valence-electron chi connectivity index (χ4n) is 2.16. The van der Waals surface area contributed by atoms with Crippen LogP contribution in [0.25, 0.3) is 0 Å². The molecular weight excluding hydrogens is 204 g/mol. The van der Waals surface area contributed by atoms with Crippen molar-refractivity contribution in [2.75, 3.05) is 30.8 Å². The molecule has 2 rings (SSSR count). The summed E-state index contributed by atoms with van der Waals surface area (Å²) in [4.78, 5) is 10.4. The Morgan fingerprint density at radius 2 is 2.38 bits per heavy atom. The number of rotatable bonds is 3. The second kappa shape index (κ2) is 4.55. The lowest BCUT2D eigenvalue weighted by Crippen LogP contribution is -2.22. The SMILES string of the molecule is CCC1CCN(c2ncnc(N)c2OC)C1. The number of aromatic nitrogens is 2. The van der Waals surface area contributed by atoms with Crippen molar-refractivity contribution >= 4 is 11.6 Å². The Morgan fingerprint density at radius 3 is 3.00 bits per heavy atom. The molecule has 0 radical (unpaired) electrons. The molecule has 1 unspecified atom stereocenters. The van der Waals surface area contributed by atoms with Crippen LogP contribution >= 0.6 is 0 Å². The first-order valence-corrected chi connectivity index (χ1v) is 5.65. The number of nitrogens with two attached hydrogens (primary N) is 1. The van der Waals surface area contributed by atoms with Gasteiger partial charge in [0.2, 0.25) is 5.75 Å². The summed E-state index contributed by atoms with van der Waals surface area (Å²) < 4.78 is 5.27. The molecule has 1 saturated heterocycles. The average Bonchev–Trinajstić information content (AvgIpc) is 2.77. The van der Waals surface area contributed by atoms with Crippen LogP contribution in [0, 0.1) is 5.92 Å². The van der Waals surface area contributed by atoms with Gasteiger partial charge in [-0.3, -0.25) is 0 Å². The van der Waals surface area contributed by atoms with Gasteiger partial charge in [-0.1, -0.05) is 13.3 Å². The first kappa shape index (κ1) is 11.0. The largest absolute Gasteiger partial charge is 0.490 e. The van der Waals surface area contributed by atoms with Crippen LogP contribution in [-0.2, 0) is 0 Å². The number of nitrogen functional groups attached to an aromatic ring is 1. The van der Waals surface area contributed by atoms with Gasteiger partial charge in [0.15, 0.2) is 11.6 Å². The van der Waals surface area contributed by atoms with Crippen LogP contribution in [0.1, 0.15) is 19.8 Å². The molecule has 88 valence electrons. The van der Waals surface area contributed by atoms with Crippen LogP contribution in [-0.4, -0.2) is 30.2 Å². The summed E-state index contributed by atoms with van der Waals surface area (Å²) in [5, 5.41) is 0. The highest BCUT2D eigenvalue weighted by molar-refractivity contribution is 5.63. The molecular formula is C11H18N4O. The molecule has 0 spiro atoms. The third-order valence-corrected chi connectivity index (χ3v) is 3.18. The summed E-state index contributed by atoms with van der Waals surface area (Å²) in [6.45, 7) is 4.27. The molecule has 0 bridgehead atoms. The summed E-state index contributed by atoms with van der Waals surface area (Å²) in [6, 6.07) is 0. The average molecular weight is 222 g/mol. The van der Waals surface area contributed by atoms with Gasteiger partial charge in [0, 0.05) is 13.1 Å². The van der Waals surface area contributed by atoms with Crippen molar-refractivity contribution in [3.05, 3.63) is 6.33 Å². The zero-order valence-electron chi connectivity index (χ0n) is 9.81. The Kier molecular flexibility index (Phi) is 3.12. The fraction of sp³-hybridized carbons (Fsp3) is 0.636. The van der Waals surface area contributed by atoms with E-state index >= 15 is 0 Å². The summed E-state index contributed by atoms with van der Waals surface area (Å²) in [5.41, 5.74) is 5.76. The maximum Gasteiger partial charge on any atom is 0.204 e. The van der Waals surface area contributed by atoms with Crippen LogP contribution in [0.4, 0.5) is 11.6 Å². The Bertz CT molecular complexity index is 369. The second-order valence-electron chi connectivity index (χ2n) is 4.12. The van der Waals surface area contributed by atoms with Gasteiger partial charge < -0.3 is 15.4 Å². The van der Waals surface area contributed by atoms with Crippen molar-refractivity contribution in [3.63, 3.8) is 0 Å². The molecule has 0 saturated carbocycles. The summed E-state index contributed by atoms with van der Waals surface area (Å²) in [6.07, 6.45) is 3.91. The first-order valence-electron chi connectivity index (χ1n) is 5.65. The third-order valence-electron chi connectivity index (χ3n) is 3.18. The van der Waals surface area contributed by atoms with Gasteiger partial charge in [0.25, 0.3) is 0 Å². The fourth-order valence-corrected chi connectivity index (χ4v) is 2.16. The van der Waals surface area contributed by atoms with Crippen LogP contribution in [0.3, 0.4) is 0 Å². The highest BCUT2D eigenvalue weighted by Crippen LogP contribution is 2.33. The van der Waals surface area contributed by atoms with Crippen molar-refractivity contribution < 1.29 is 4.74 Å². The maximum absolute atomic E-state index is 5.76. The summed E-state index contributed by atoms with van der Waals surface area (Å²) in [7, 11) is 1.60. The molecule has 0 aliphatic carbocycles. The lowest BCUT2D eigenvalue weighted by Gasteiger charge is -2.20. The minimum absolute atomic E-state index is 0.410. The molecule has 1 aromatic rings. The monoisotopic (exact) mass is 222 g/mol. The highest BCUT2D eigenvalue weighted by atomic mass is 16.5. The van der Waals surface area contributed by atoms with Crippen LogP contribution in [0.5, 0.6) is 5.75 Å². The normalized spacial score (nSPS) is 20.1. The van der Waals surface area contributed by atoms with E-state index < -0.39 is 0 Å². The van der Waals surface area contributed by atoms with Crippen LogP contribution in [0.15, 0.2) is 6.33 Å². The maximum atomic E-state index is 5.76. The predicted molar refractivity (Wildman–Crippen MR) is 63.6 cm³/mol. The number of methoxy groups -OCH3 is 1. The van der Waals surface area contributed by atoms with Crippen molar-refractivity contribution in [1.29, 1.82) is 0 Å². The van der Waals surface area contributed by atoms with Crippen molar-refractivity contribution in [2.45, 2.75) is 19.8 Å². The summed E-state index contributed by atoms with van der Waals surface area (Å²) >= 11 is 0. The Balaban J connectivity index is 2.24. The minimum atomic E-state index is 0.410. The van der Waals surface area contributed by atoms with Gasteiger partial charge >= 0.3 is 0 Å². The molecule has 1 aliphatic heterocycles. The van der Waals surface area contributed by atoms with Gasteiger partial charge in [0.1, 0.15) is 6.33 Å². The summed E-state index contributed by atoms with van der Waals surface area (Å²) in [5.74, 6) is 2.58. The Labute approximate surface area is 95.6 Å². The standard InChI is InChI=1S/C11H18N4O/c1-3-8-4-5-15(6-8)11-9(16-2)10(12)13-7-14-11/h7-8H,3-6H2,1-2H3,(H2,12,13,14). The van der Waals surface area contributed by atoms with E-state index in [-0.39, 0.29) is 0 Å². The van der Waals surface area contributed by atoms with E-state index in [1.165, 1.54) is 19.2 Å². The molecule has 2 heterocycles. The minimum Gasteiger partial charge on any atom is -0.490 e. The zero-order valence-corrected chi connectivity index (χ0v) is 9.81. The topological polar surface area (TPSA) is 64.3 Å². The molecule has 5 nitrogen and oxygen atoms in total. The van der Waals surface area contributed by atoms with E-state index in [1.54, 1.807) is 7.11 Å². The van der Waals surface area contributed by atoms with E-state index in [4.69, 9.17) is 10.5 Å². The molecule has 5 heteroatoms. The van der Waals surface area contributed by atoms with Gasteiger partial charge in [-0.05, 0) is 12.3 Å². The van der Waals surface area contributed by atoms with Crippen LogP contribution < -0.4 is 15.4 Å². The van der Waals surface area contributed by atoms with Gasteiger partial charge in [-0.15, -0.1) is 0 Å². The number of anilines is 2. The first-order chi connectivity index (χ1) is 7.76. The molecule has 1 aliphatic rings. The zero-order chi connectivity index (χ0) is 11.5. The molecule has 2 N–H and O–H groups in total. The lowest BCUT2D eigenvalue weighted by atomic mass is 10.1. The number of ether oxygens (including phenoxy) is 1. The van der Waals surface area contributed by atoms with Crippen molar-refractivity contribution in [3.8, 4) is 5.75 Å². The van der Waals surface area contributed by atoms with Crippen molar-refractivity contribution in [1.82, 2.24) is 9.97 Å². The second-order valence-corrected chi connectivity index (χ2v) is 4.12. The van der Waals surface area contributed by atoms with Gasteiger partial charge in [-0.2, -0.15) is 0 Å². The van der Waals surface area contributed by atoms with Crippen LogP contribution in [0.2, 0.25) is 0 Å². The Morgan fingerprint density at radius 1 is 1.56 bits per heavy atom. The van der Waals surface area contributed by atoms with E-state index in [0.29, 0.717) is 11.6 Å². The smallest absolute Gasteiger partial charge is 0.204 e. The lowest BCUT2D eigenvalue weighted by molar-refractivity contribution is 0.413. The number of hydrogen-bond donors (Lipinski definition) is 1.